The van der Waals surface area contributed by atoms with Crippen molar-refractivity contribution < 1.29 is 12.6 Å². The van der Waals surface area contributed by atoms with Crippen LogP contribution >= 0.6 is 0 Å². The van der Waals surface area contributed by atoms with E-state index in [0.29, 0.717) is 5.75 Å². The first-order valence-electron chi connectivity index (χ1n) is 4.38. The van der Waals surface area contributed by atoms with Gasteiger partial charge in [0, 0.05) is 0 Å². The molecule has 0 fully saturated rings. The van der Waals surface area contributed by atoms with Gasteiger partial charge in [0.05, 0.1) is 0 Å². The van der Waals surface area contributed by atoms with E-state index in [1.54, 1.807) is 37.3 Å². The summed E-state index contributed by atoms with van der Waals surface area (Å²) in [4.78, 5) is 0.0614. The van der Waals surface area contributed by atoms with Crippen LogP contribution in [-0.4, -0.2) is 8.42 Å². The van der Waals surface area contributed by atoms with Crippen LogP contribution in [0.15, 0.2) is 54.0 Å². The number of hydrogen-bond acceptors (Lipinski definition) is 3. The second-order valence-corrected chi connectivity index (χ2v) is 4.29. The molecule has 0 aliphatic rings. The van der Waals surface area contributed by atoms with Gasteiger partial charge in [-0.25, -0.2) is 0 Å². The van der Waals surface area contributed by atoms with Crippen LogP contribution in [0.4, 0.5) is 0 Å². The number of hydrogen-bond donors (Lipinski definition) is 0. The molecule has 0 saturated carbocycles. The maximum Gasteiger partial charge on any atom is 0.338 e. The van der Waals surface area contributed by atoms with Crippen molar-refractivity contribution >= 4 is 10.1 Å². The second-order valence-electron chi connectivity index (χ2n) is 2.75. The van der Waals surface area contributed by atoms with Crippen molar-refractivity contribution in [3.05, 3.63) is 54.0 Å². The zero-order valence-electron chi connectivity index (χ0n) is 8.38. The Kier molecular flexibility index (Phi) is 3.68. The Balaban J connectivity index is 2.96. The summed E-state index contributed by atoms with van der Waals surface area (Å²) in [5.41, 5.74) is 0. The average Bonchev–Trinajstić information content (AvgIpc) is 2.19. The Morgan fingerprint density at radius 1 is 1.33 bits per heavy atom. The van der Waals surface area contributed by atoms with Gasteiger partial charge in [-0.3, -0.25) is 0 Å². The van der Waals surface area contributed by atoms with Gasteiger partial charge in [0.15, 0.2) is 0 Å². The molecule has 0 atom stereocenters. The Morgan fingerprint density at radius 2 is 1.93 bits per heavy atom. The average molecular weight is 224 g/mol. The van der Waals surface area contributed by atoms with Crippen molar-refractivity contribution in [1.29, 1.82) is 0 Å². The predicted molar refractivity (Wildman–Crippen MR) is 59.9 cm³/mol. The van der Waals surface area contributed by atoms with Gasteiger partial charge in [-0.15, -0.1) is 0 Å². The lowest BCUT2D eigenvalue weighted by Crippen LogP contribution is -2.10. The van der Waals surface area contributed by atoms with E-state index in [-0.39, 0.29) is 4.91 Å². The van der Waals surface area contributed by atoms with Crippen molar-refractivity contribution in [2.24, 2.45) is 0 Å². The van der Waals surface area contributed by atoms with Crippen molar-refractivity contribution in [3.8, 4) is 5.75 Å². The summed E-state index contributed by atoms with van der Waals surface area (Å²) < 4.78 is 28.1. The van der Waals surface area contributed by atoms with Gasteiger partial charge >= 0.3 is 10.1 Å². The predicted octanol–water partition coefficient (Wildman–Crippen LogP) is 2.49. The van der Waals surface area contributed by atoms with Gasteiger partial charge < -0.3 is 4.18 Å². The van der Waals surface area contributed by atoms with E-state index in [2.05, 4.69) is 6.58 Å². The smallest absolute Gasteiger partial charge is 0.338 e. The first kappa shape index (κ1) is 11.5. The van der Waals surface area contributed by atoms with Gasteiger partial charge in [-0.2, -0.15) is 8.42 Å². The van der Waals surface area contributed by atoms with Gasteiger partial charge in [0.2, 0.25) is 0 Å². The van der Waals surface area contributed by atoms with Crippen molar-refractivity contribution in [2.75, 3.05) is 0 Å². The third-order valence-electron chi connectivity index (χ3n) is 1.72. The largest absolute Gasteiger partial charge is 0.379 e. The molecule has 3 nitrogen and oxygen atoms in total. The first-order valence-corrected chi connectivity index (χ1v) is 5.79. The summed E-state index contributed by atoms with van der Waals surface area (Å²) in [5.74, 6) is 0.290. The molecule has 0 bridgehead atoms. The standard InChI is InChI=1S/C11H12O3S/c1-3-11(4-2)15(12,13)14-10-8-6-5-7-9-10/h3-9H,1H2,2H3/b11-4+. The molecular weight excluding hydrogens is 212 g/mol. The molecule has 0 amide bonds. The summed E-state index contributed by atoms with van der Waals surface area (Å²) >= 11 is 0. The second kappa shape index (κ2) is 4.79. The topological polar surface area (TPSA) is 43.4 Å². The summed E-state index contributed by atoms with van der Waals surface area (Å²) in [6.45, 7) is 5.03. The lowest BCUT2D eigenvalue weighted by atomic mass is 10.3. The molecule has 0 unspecified atom stereocenters. The fraction of sp³-hybridized carbons (Fsp3) is 0.0909. The maximum atomic E-state index is 11.6. The molecule has 0 heterocycles. The molecule has 1 aromatic carbocycles. The Morgan fingerprint density at radius 3 is 2.40 bits per heavy atom. The highest BCUT2D eigenvalue weighted by atomic mass is 32.2. The Labute approximate surface area is 89.8 Å². The minimum absolute atomic E-state index is 0.0614. The monoisotopic (exact) mass is 224 g/mol. The highest BCUT2D eigenvalue weighted by Crippen LogP contribution is 2.16. The molecule has 0 aromatic heterocycles. The quantitative estimate of drug-likeness (QED) is 0.583. The van der Waals surface area contributed by atoms with Crippen LogP contribution in [0.25, 0.3) is 0 Å². The van der Waals surface area contributed by atoms with E-state index in [9.17, 15) is 8.42 Å². The maximum absolute atomic E-state index is 11.6. The molecule has 80 valence electrons. The summed E-state index contributed by atoms with van der Waals surface area (Å²) in [6, 6.07) is 8.34. The number of para-hydroxylation sites is 1. The summed E-state index contributed by atoms with van der Waals surface area (Å²) in [5, 5.41) is 0. The SMILES string of the molecule is C=C/C(=C\C)S(=O)(=O)Oc1ccccc1. The van der Waals surface area contributed by atoms with Crippen LogP contribution in [0.3, 0.4) is 0 Å². The minimum Gasteiger partial charge on any atom is -0.379 e. The van der Waals surface area contributed by atoms with Gasteiger partial charge in [0.1, 0.15) is 10.7 Å². The molecule has 0 aliphatic carbocycles. The third kappa shape index (κ3) is 2.95. The molecule has 0 saturated heterocycles. The Bertz CT molecular complexity index is 458. The van der Waals surface area contributed by atoms with Crippen LogP contribution in [0.1, 0.15) is 6.92 Å². The zero-order chi connectivity index (χ0) is 11.3. The third-order valence-corrected chi connectivity index (χ3v) is 3.12. The highest BCUT2D eigenvalue weighted by molar-refractivity contribution is 7.91. The molecule has 0 N–H and O–H groups in total. The van der Waals surface area contributed by atoms with Crippen molar-refractivity contribution in [2.45, 2.75) is 6.92 Å². The zero-order valence-corrected chi connectivity index (χ0v) is 9.20. The van der Waals surface area contributed by atoms with E-state index in [0.717, 1.165) is 0 Å². The van der Waals surface area contributed by atoms with Crippen LogP contribution in [0, 0.1) is 0 Å². The number of allylic oxidation sites excluding steroid dienone is 2. The molecule has 0 aliphatic heterocycles. The lowest BCUT2D eigenvalue weighted by Gasteiger charge is -2.06. The number of benzene rings is 1. The summed E-state index contributed by atoms with van der Waals surface area (Å²) in [7, 11) is -3.73. The highest BCUT2D eigenvalue weighted by Gasteiger charge is 2.15. The van der Waals surface area contributed by atoms with Crippen LogP contribution in [0.2, 0.25) is 0 Å². The minimum atomic E-state index is -3.73. The van der Waals surface area contributed by atoms with Gasteiger partial charge in [-0.05, 0) is 25.1 Å². The fourth-order valence-corrected chi connectivity index (χ4v) is 1.97. The Hall–Kier alpha value is -1.55. The van der Waals surface area contributed by atoms with E-state index in [4.69, 9.17) is 4.18 Å². The molecule has 4 heteroatoms. The molecule has 0 radical (unpaired) electrons. The molecule has 1 rings (SSSR count). The lowest BCUT2D eigenvalue weighted by molar-refractivity contribution is 0.494. The fourth-order valence-electron chi connectivity index (χ4n) is 1.02. The normalized spacial score (nSPS) is 12.2. The van der Waals surface area contributed by atoms with Crippen LogP contribution < -0.4 is 4.18 Å². The van der Waals surface area contributed by atoms with Gasteiger partial charge in [0.25, 0.3) is 0 Å². The van der Waals surface area contributed by atoms with E-state index in [1.165, 1.54) is 12.2 Å². The van der Waals surface area contributed by atoms with E-state index in [1.807, 2.05) is 0 Å². The van der Waals surface area contributed by atoms with Crippen LogP contribution in [-0.2, 0) is 10.1 Å². The van der Waals surface area contributed by atoms with E-state index >= 15 is 0 Å². The van der Waals surface area contributed by atoms with Gasteiger partial charge in [-0.1, -0.05) is 30.9 Å². The van der Waals surface area contributed by atoms with Crippen LogP contribution in [0.5, 0.6) is 5.75 Å². The molecule has 0 spiro atoms. The van der Waals surface area contributed by atoms with E-state index < -0.39 is 10.1 Å². The summed E-state index contributed by atoms with van der Waals surface area (Å²) in [6.07, 6.45) is 2.68. The van der Waals surface area contributed by atoms with Crippen molar-refractivity contribution in [1.82, 2.24) is 0 Å². The molecule has 1 aromatic rings. The number of rotatable bonds is 4. The molecule has 15 heavy (non-hydrogen) atoms. The van der Waals surface area contributed by atoms with Crippen molar-refractivity contribution in [3.63, 3.8) is 0 Å². The molecular formula is C11H12O3S. The first-order chi connectivity index (χ1) is 7.10.